The van der Waals surface area contributed by atoms with Gasteiger partial charge in [0, 0.05) is 11.3 Å². The highest BCUT2D eigenvalue weighted by Gasteiger charge is 2.18. The van der Waals surface area contributed by atoms with E-state index in [9.17, 15) is 0 Å². The van der Waals surface area contributed by atoms with Crippen molar-refractivity contribution in [2.24, 2.45) is 0 Å². The van der Waals surface area contributed by atoms with Crippen LogP contribution in [0.2, 0.25) is 0 Å². The van der Waals surface area contributed by atoms with E-state index in [2.05, 4.69) is 115 Å². The SMILES string of the molecule is CC(c1cccc(-c2ccccc2)c1)c1nn(-c2ccccc2)c2ccccc12. The standard InChI is InChI=1S/C27H22N2/c1-20(22-13-10-14-23(19-22)21-11-4-2-5-12-21)27-25-17-8-9-18-26(25)29(28-27)24-15-6-3-7-16-24/h2-20H,1H3. The van der Waals surface area contributed by atoms with Crippen LogP contribution in [0.3, 0.4) is 0 Å². The molecule has 0 aliphatic heterocycles. The second-order valence-electron chi connectivity index (χ2n) is 7.36. The van der Waals surface area contributed by atoms with E-state index in [1.54, 1.807) is 0 Å². The molecule has 1 aromatic heterocycles. The van der Waals surface area contributed by atoms with E-state index in [1.807, 2.05) is 6.07 Å². The summed E-state index contributed by atoms with van der Waals surface area (Å²) < 4.78 is 2.06. The van der Waals surface area contributed by atoms with Crippen molar-refractivity contribution in [1.29, 1.82) is 0 Å². The summed E-state index contributed by atoms with van der Waals surface area (Å²) in [5.41, 5.74) is 7.08. The van der Waals surface area contributed by atoms with Crippen LogP contribution >= 0.6 is 0 Å². The highest BCUT2D eigenvalue weighted by molar-refractivity contribution is 5.84. The minimum absolute atomic E-state index is 0.188. The third-order valence-electron chi connectivity index (χ3n) is 5.52. The van der Waals surface area contributed by atoms with Crippen molar-refractivity contribution >= 4 is 10.9 Å². The Morgan fingerprint density at radius 2 is 1.31 bits per heavy atom. The molecule has 0 aliphatic rings. The summed E-state index contributed by atoms with van der Waals surface area (Å²) in [5.74, 6) is 0.188. The summed E-state index contributed by atoms with van der Waals surface area (Å²) in [5, 5.41) is 6.26. The van der Waals surface area contributed by atoms with Gasteiger partial charge in [-0.2, -0.15) is 5.10 Å². The average molecular weight is 374 g/mol. The minimum atomic E-state index is 0.188. The maximum Gasteiger partial charge on any atom is 0.0779 e. The highest BCUT2D eigenvalue weighted by atomic mass is 15.3. The van der Waals surface area contributed by atoms with Gasteiger partial charge >= 0.3 is 0 Å². The van der Waals surface area contributed by atoms with Crippen molar-refractivity contribution in [2.45, 2.75) is 12.8 Å². The number of hydrogen-bond donors (Lipinski definition) is 0. The number of rotatable bonds is 4. The minimum Gasteiger partial charge on any atom is -0.233 e. The summed E-state index contributed by atoms with van der Waals surface area (Å²) >= 11 is 0. The van der Waals surface area contributed by atoms with Crippen LogP contribution in [0.15, 0.2) is 109 Å². The average Bonchev–Trinajstić information content (AvgIpc) is 3.20. The van der Waals surface area contributed by atoms with Crippen LogP contribution in [0.5, 0.6) is 0 Å². The van der Waals surface area contributed by atoms with E-state index in [0.29, 0.717) is 0 Å². The first-order chi connectivity index (χ1) is 14.3. The molecule has 0 fully saturated rings. The molecule has 4 aromatic carbocycles. The lowest BCUT2D eigenvalue weighted by Crippen LogP contribution is -2.01. The normalized spacial score (nSPS) is 12.2. The summed E-state index contributed by atoms with van der Waals surface area (Å²) in [6.07, 6.45) is 0. The van der Waals surface area contributed by atoms with Gasteiger partial charge in [0.05, 0.1) is 16.9 Å². The van der Waals surface area contributed by atoms with Gasteiger partial charge in [0.2, 0.25) is 0 Å². The monoisotopic (exact) mass is 374 g/mol. The van der Waals surface area contributed by atoms with Gasteiger partial charge in [-0.1, -0.05) is 97.9 Å². The molecule has 0 spiro atoms. The number of para-hydroxylation sites is 2. The first-order valence-corrected chi connectivity index (χ1v) is 10.00. The molecule has 29 heavy (non-hydrogen) atoms. The fourth-order valence-corrected chi connectivity index (χ4v) is 3.95. The molecule has 140 valence electrons. The summed E-state index contributed by atoms with van der Waals surface area (Å²) in [4.78, 5) is 0. The molecule has 0 saturated heterocycles. The Morgan fingerprint density at radius 3 is 2.10 bits per heavy atom. The van der Waals surface area contributed by atoms with E-state index >= 15 is 0 Å². The Kier molecular flexibility index (Phi) is 4.45. The van der Waals surface area contributed by atoms with Crippen molar-refractivity contribution in [2.75, 3.05) is 0 Å². The predicted octanol–water partition coefficient (Wildman–Crippen LogP) is 6.84. The van der Waals surface area contributed by atoms with Crippen LogP contribution in [0.1, 0.15) is 24.1 Å². The van der Waals surface area contributed by atoms with Gasteiger partial charge in [-0.05, 0) is 34.9 Å². The van der Waals surface area contributed by atoms with Gasteiger partial charge < -0.3 is 0 Å². The topological polar surface area (TPSA) is 17.8 Å². The van der Waals surface area contributed by atoms with Crippen LogP contribution in [0.25, 0.3) is 27.7 Å². The smallest absolute Gasteiger partial charge is 0.0779 e. The third-order valence-corrected chi connectivity index (χ3v) is 5.52. The summed E-state index contributed by atoms with van der Waals surface area (Å²) in [6, 6.07) is 38.2. The van der Waals surface area contributed by atoms with Crippen LogP contribution in [-0.2, 0) is 0 Å². The van der Waals surface area contributed by atoms with E-state index < -0.39 is 0 Å². The molecule has 1 heterocycles. The number of nitrogens with zero attached hydrogens (tertiary/aromatic N) is 2. The quantitative estimate of drug-likeness (QED) is 0.336. The van der Waals surface area contributed by atoms with Crippen LogP contribution in [0, 0.1) is 0 Å². The molecule has 2 heteroatoms. The molecule has 0 aliphatic carbocycles. The van der Waals surface area contributed by atoms with Crippen LogP contribution < -0.4 is 0 Å². The maximum absolute atomic E-state index is 5.05. The van der Waals surface area contributed by atoms with E-state index in [-0.39, 0.29) is 5.92 Å². The van der Waals surface area contributed by atoms with Crippen molar-refractivity contribution < 1.29 is 0 Å². The Balaban J connectivity index is 1.62. The molecular formula is C27H22N2. The van der Waals surface area contributed by atoms with Gasteiger partial charge in [0.25, 0.3) is 0 Å². The van der Waals surface area contributed by atoms with Gasteiger partial charge in [-0.15, -0.1) is 0 Å². The van der Waals surface area contributed by atoms with Crippen molar-refractivity contribution in [1.82, 2.24) is 9.78 Å². The van der Waals surface area contributed by atoms with Gasteiger partial charge in [0.15, 0.2) is 0 Å². The fourth-order valence-electron chi connectivity index (χ4n) is 3.95. The van der Waals surface area contributed by atoms with Crippen molar-refractivity contribution in [3.8, 4) is 16.8 Å². The van der Waals surface area contributed by atoms with Crippen LogP contribution in [-0.4, -0.2) is 9.78 Å². The Hall–Kier alpha value is -3.65. The molecule has 0 bridgehead atoms. The molecule has 0 amide bonds. The molecule has 1 atom stereocenters. The zero-order chi connectivity index (χ0) is 19.6. The van der Waals surface area contributed by atoms with Crippen LogP contribution in [0.4, 0.5) is 0 Å². The second kappa shape index (κ2) is 7.40. The molecular weight excluding hydrogens is 352 g/mol. The number of hydrogen-bond acceptors (Lipinski definition) is 1. The summed E-state index contributed by atoms with van der Waals surface area (Å²) in [6.45, 7) is 2.24. The number of benzene rings is 4. The number of aromatic nitrogens is 2. The van der Waals surface area contributed by atoms with Gasteiger partial charge in [-0.3, -0.25) is 0 Å². The zero-order valence-electron chi connectivity index (χ0n) is 16.4. The lowest BCUT2D eigenvalue weighted by Gasteiger charge is -2.12. The molecule has 0 N–H and O–H groups in total. The maximum atomic E-state index is 5.05. The van der Waals surface area contributed by atoms with Crippen molar-refractivity contribution in [3.05, 3.63) is 120 Å². The first kappa shape index (κ1) is 17.4. The van der Waals surface area contributed by atoms with E-state index in [1.165, 1.54) is 22.1 Å². The van der Waals surface area contributed by atoms with Gasteiger partial charge in [-0.25, -0.2) is 4.68 Å². The highest BCUT2D eigenvalue weighted by Crippen LogP contribution is 2.33. The van der Waals surface area contributed by atoms with Crippen molar-refractivity contribution in [3.63, 3.8) is 0 Å². The Labute approximate surface area is 171 Å². The third kappa shape index (κ3) is 3.23. The summed E-state index contributed by atoms with van der Waals surface area (Å²) in [7, 11) is 0. The van der Waals surface area contributed by atoms with Gasteiger partial charge in [0.1, 0.15) is 0 Å². The predicted molar refractivity (Wildman–Crippen MR) is 120 cm³/mol. The molecule has 0 saturated carbocycles. The lowest BCUT2D eigenvalue weighted by atomic mass is 9.92. The Morgan fingerprint density at radius 1 is 0.655 bits per heavy atom. The molecule has 5 aromatic rings. The zero-order valence-corrected chi connectivity index (χ0v) is 16.4. The Bertz CT molecular complexity index is 1250. The fraction of sp³-hybridized carbons (Fsp3) is 0.0741. The largest absolute Gasteiger partial charge is 0.233 e. The molecule has 5 rings (SSSR count). The number of fused-ring (bicyclic) bond motifs is 1. The van der Waals surface area contributed by atoms with E-state index in [0.717, 1.165) is 16.9 Å². The lowest BCUT2D eigenvalue weighted by molar-refractivity contribution is 0.807. The first-order valence-electron chi connectivity index (χ1n) is 10.00. The molecule has 2 nitrogen and oxygen atoms in total. The molecule has 1 unspecified atom stereocenters. The molecule has 0 radical (unpaired) electrons. The van der Waals surface area contributed by atoms with E-state index in [4.69, 9.17) is 5.10 Å². The second-order valence-corrected chi connectivity index (χ2v) is 7.36.